The van der Waals surface area contributed by atoms with Crippen LogP contribution in [0.4, 0.5) is 4.79 Å². The van der Waals surface area contributed by atoms with Crippen molar-refractivity contribution in [2.24, 2.45) is 0 Å². The number of nitrogens with zero attached hydrogens (tertiary/aromatic N) is 2. The van der Waals surface area contributed by atoms with E-state index in [0.29, 0.717) is 4.57 Å². The van der Waals surface area contributed by atoms with Gasteiger partial charge >= 0.3 is 12.1 Å². The quantitative estimate of drug-likeness (QED) is 0.842. The van der Waals surface area contributed by atoms with E-state index in [0.717, 1.165) is 0 Å². The second kappa shape index (κ2) is 4.86. The number of carbonyl (C=O) groups excluding carboxylic acids is 1. The summed E-state index contributed by atoms with van der Waals surface area (Å²) >= 11 is 2.90. The van der Waals surface area contributed by atoms with Crippen LogP contribution in [0.3, 0.4) is 0 Å². The van der Waals surface area contributed by atoms with E-state index in [1.54, 1.807) is 20.8 Å². The molecule has 90 valence electrons. The molecule has 0 radical (unpaired) electrons. The summed E-state index contributed by atoms with van der Waals surface area (Å²) in [6.07, 6.45) is -1.49. The molecule has 0 fully saturated rings. The van der Waals surface area contributed by atoms with Gasteiger partial charge in [0.05, 0.1) is 16.8 Å². The Morgan fingerprint density at radius 1 is 1.81 bits per heavy atom. The highest BCUT2D eigenvalue weighted by Gasteiger charge is 2.21. The zero-order valence-electron chi connectivity index (χ0n) is 15.0. The molecule has 0 saturated carbocycles. The summed E-state index contributed by atoms with van der Waals surface area (Å²) in [7, 11) is 0. The zero-order valence-corrected chi connectivity index (χ0v) is 10.6. The van der Waals surface area contributed by atoms with Crippen molar-refractivity contribution in [1.29, 1.82) is 0 Å². The van der Waals surface area contributed by atoms with E-state index in [1.807, 2.05) is 0 Å². The fourth-order valence-corrected chi connectivity index (χ4v) is 1.17. The lowest BCUT2D eigenvalue weighted by Crippen LogP contribution is -2.27. The molecule has 1 rings (SSSR count). The number of hydrogen-bond acceptors (Lipinski definition) is 4. The molecule has 0 atom stereocenters. The number of aromatic nitrogens is 2. The van der Waals surface area contributed by atoms with Crippen molar-refractivity contribution < 1.29 is 22.5 Å². The van der Waals surface area contributed by atoms with E-state index in [4.69, 9.17) is 17.7 Å². The van der Waals surface area contributed by atoms with Crippen LogP contribution in [-0.2, 0) is 4.74 Å². The van der Waals surface area contributed by atoms with Crippen LogP contribution < -0.4 is 4.74 Å². The Hall–Kier alpha value is -1.04. The van der Waals surface area contributed by atoms with Crippen LogP contribution >= 0.6 is 15.9 Å². The molecule has 0 aliphatic rings. The second-order valence-electron chi connectivity index (χ2n) is 3.82. The van der Waals surface area contributed by atoms with Gasteiger partial charge in [0, 0.05) is 4.11 Å². The molecule has 0 bridgehead atoms. The molecule has 0 aliphatic carbocycles. The van der Waals surface area contributed by atoms with Gasteiger partial charge in [-0.25, -0.2) is 9.36 Å². The average Bonchev–Trinajstić information content (AvgIpc) is 2.49. The van der Waals surface area contributed by atoms with Crippen LogP contribution in [-0.4, -0.2) is 27.8 Å². The molecular formula is C10H15BrN2O3. The van der Waals surface area contributed by atoms with Crippen LogP contribution in [0, 0.1) is 0 Å². The summed E-state index contributed by atoms with van der Waals surface area (Å²) in [5.74, 6) is 0. The molecule has 6 heteroatoms. The van der Waals surface area contributed by atoms with Gasteiger partial charge in [0.25, 0.3) is 0 Å². The van der Waals surface area contributed by atoms with Crippen LogP contribution in [0.15, 0.2) is 10.8 Å². The molecule has 16 heavy (non-hydrogen) atoms. The topological polar surface area (TPSA) is 53.4 Å². The highest BCUT2D eigenvalue weighted by Crippen LogP contribution is 2.18. The molecule has 0 aliphatic heterocycles. The van der Waals surface area contributed by atoms with E-state index in [-0.39, 0.29) is 4.60 Å². The van der Waals surface area contributed by atoms with Gasteiger partial charge in [0.2, 0.25) is 0 Å². The third-order valence-corrected chi connectivity index (χ3v) is 1.66. The van der Waals surface area contributed by atoms with Gasteiger partial charge in [-0.3, -0.25) is 0 Å². The number of ether oxygens (including phenoxy) is 2. The van der Waals surface area contributed by atoms with Gasteiger partial charge in [-0.1, -0.05) is 0 Å². The zero-order chi connectivity index (χ0) is 17.5. The number of hydrogen-bond donors (Lipinski definition) is 0. The fraction of sp³-hybridized carbons (Fsp3) is 0.600. The first kappa shape index (κ1) is 6.64. The minimum atomic E-state index is -3.10. The predicted molar refractivity (Wildman–Crippen MR) is 62.7 cm³/mol. The molecule has 0 N–H and O–H groups in total. The predicted octanol–water partition coefficient (Wildman–Crippen LogP) is 2.83. The van der Waals surface area contributed by atoms with Gasteiger partial charge in [-0.2, -0.15) is 4.98 Å². The van der Waals surface area contributed by atoms with Crippen LogP contribution in [0.1, 0.15) is 35.8 Å². The summed E-state index contributed by atoms with van der Waals surface area (Å²) in [6, 6.07) is -0.688. The Labute approximate surface area is 111 Å². The van der Waals surface area contributed by atoms with E-state index >= 15 is 0 Å². The summed E-state index contributed by atoms with van der Waals surface area (Å²) in [5, 5.41) is 0. The van der Waals surface area contributed by atoms with Gasteiger partial charge in [0.15, 0.2) is 0 Å². The summed E-state index contributed by atoms with van der Waals surface area (Å²) in [5.41, 5.74) is -0.874. The maximum Gasteiger partial charge on any atom is 0.422 e. The monoisotopic (exact) mass is 296 g/mol. The second-order valence-corrected chi connectivity index (χ2v) is 4.57. The van der Waals surface area contributed by atoms with Crippen LogP contribution in [0.25, 0.3) is 0 Å². The standard InChI is InChI=1S/C10H15BrN2O3/c1-5-15-8-12-7(11)6-13(8)9(14)16-10(2,3)4/h6H,5H2,1-4H3/i1D3,5D2,6D. The largest absolute Gasteiger partial charge is 0.465 e. The van der Waals surface area contributed by atoms with Gasteiger partial charge in [0.1, 0.15) is 10.2 Å². The van der Waals surface area contributed by atoms with Crippen molar-refractivity contribution in [2.45, 2.75) is 33.2 Å². The van der Waals surface area contributed by atoms with Gasteiger partial charge in [-0.05, 0) is 43.6 Å². The summed E-state index contributed by atoms with van der Waals surface area (Å²) < 4.78 is 54.0. The lowest BCUT2D eigenvalue weighted by Gasteiger charge is -2.19. The van der Waals surface area contributed by atoms with Gasteiger partial charge in [-0.15, -0.1) is 0 Å². The molecule has 0 aromatic carbocycles. The Bertz CT molecular complexity index is 578. The number of halogens is 1. The smallest absolute Gasteiger partial charge is 0.422 e. The molecule has 0 amide bonds. The SMILES string of the molecule is [2H]c1c(Br)nc(OC([2H])([2H])C([2H])([2H])[2H])n1C(=O)OC(C)(C)C. The molecule has 1 aromatic rings. The first-order chi connectivity index (χ1) is 9.66. The number of imidazole rings is 1. The molecule has 5 nitrogen and oxygen atoms in total. The minimum Gasteiger partial charge on any atom is -0.465 e. The maximum atomic E-state index is 12.1. The number of rotatable bonds is 2. The molecular weight excluding hydrogens is 276 g/mol. The molecule has 0 spiro atoms. The first-order valence-corrected chi connectivity index (χ1v) is 5.12. The van der Waals surface area contributed by atoms with Crippen molar-refractivity contribution in [1.82, 2.24) is 9.55 Å². The van der Waals surface area contributed by atoms with Crippen LogP contribution in [0.2, 0.25) is 0 Å². The molecule has 1 aromatic heterocycles. The van der Waals surface area contributed by atoms with Gasteiger partial charge < -0.3 is 9.47 Å². The highest BCUT2D eigenvalue weighted by molar-refractivity contribution is 9.10. The molecule has 0 unspecified atom stereocenters. The lowest BCUT2D eigenvalue weighted by molar-refractivity contribution is 0.0520. The van der Waals surface area contributed by atoms with Crippen molar-refractivity contribution in [3.8, 4) is 6.01 Å². The molecule has 1 heterocycles. The Morgan fingerprint density at radius 2 is 2.50 bits per heavy atom. The van der Waals surface area contributed by atoms with E-state index in [1.165, 1.54) is 0 Å². The first-order valence-electron chi connectivity index (χ1n) is 7.33. The van der Waals surface area contributed by atoms with Crippen molar-refractivity contribution in [2.75, 3.05) is 6.56 Å². The third-order valence-electron chi connectivity index (χ3n) is 1.31. The van der Waals surface area contributed by atoms with Crippen molar-refractivity contribution in [3.63, 3.8) is 0 Å². The minimum absolute atomic E-state index is 0.116. The Kier molecular flexibility index (Phi) is 2.02. The van der Waals surface area contributed by atoms with Crippen LogP contribution in [0.5, 0.6) is 6.01 Å². The average molecular weight is 297 g/mol. The highest BCUT2D eigenvalue weighted by atomic mass is 79.9. The van der Waals surface area contributed by atoms with E-state index < -0.39 is 37.3 Å². The Morgan fingerprint density at radius 3 is 3.06 bits per heavy atom. The van der Waals surface area contributed by atoms with Crippen molar-refractivity contribution >= 4 is 22.0 Å². The lowest BCUT2D eigenvalue weighted by atomic mass is 10.2. The number of carbonyl (C=O) groups is 1. The third kappa shape index (κ3) is 3.52. The van der Waals surface area contributed by atoms with E-state index in [9.17, 15) is 4.79 Å². The van der Waals surface area contributed by atoms with E-state index in [2.05, 4.69) is 20.9 Å². The Balaban J connectivity index is 3.23. The normalized spacial score (nSPS) is 18.5. The molecule has 0 saturated heterocycles. The van der Waals surface area contributed by atoms with Crippen molar-refractivity contribution in [3.05, 3.63) is 10.8 Å². The maximum absolute atomic E-state index is 12.1. The summed E-state index contributed by atoms with van der Waals surface area (Å²) in [6.45, 7) is -1.40. The fourth-order valence-electron chi connectivity index (χ4n) is 0.844. The summed E-state index contributed by atoms with van der Waals surface area (Å²) in [4.78, 5) is 15.7.